The number of pyridine rings is 1. The Balaban J connectivity index is 1.39. The lowest BCUT2D eigenvalue weighted by Crippen LogP contribution is -2.27. The minimum atomic E-state index is -4.63. The summed E-state index contributed by atoms with van der Waals surface area (Å²) < 4.78 is 40.1. The Kier molecular flexibility index (Phi) is 6.11. The van der Waals surface area contributed by atoms with E-state index in [-0.39, 0.29) is 17.5 Å². The van der Waals surface area contributed by atoms with Crippen molar-refractivity contribution in [3.05, 3.63) is 66.2 Å². The number of aromatic nitrogens is 4. The molecule has 1 aliphatic rings. The van der Waals surface area contributed by atoms with Gasteiger partial charge in [0, 0.05) is 30.5 Å². The van der Waals surface area contributed by atoms with Gasteiger partial charge in [0.05, 0.1) is 5.56 Å². The molecule has 5 rings (SSSR count). The first-order chi connectivity index (χ1) is 17.7. The number of nitrogen functional groups attached to an aromatic ring is 1. The van der Waals surface area contributed by atoms with Gasteiger partial charge in [0.1, 0.15) is 23.4 Å². The molecule has 4 aromatic rings. The number of hydrogen-bond acceptors (Lipinski definition) is 6. The van der Waals surface area contributed by atoms with E-state index in [2.05, 4.69) is 25.7 Å². The van der Waals surface area contributed by atoms with Gasteiger partial charge in [-0.15, -0.1) is 0 Å². The largest absolute Gasteiger partial charge is 0.433 e. The number of nitrogens with one attached hydrogen (secondary N) is 2. The predicted molar refractivity (Wildman–Crippen MR) is 130 cm³/mol. The van der Waals surface area contributed by atoms with E-state index in [9.17, 15) is 22.8 Å². The fraction of sp³-hybridized carbons (Fsp3) is 0.208. The van der Waals surface area contributed by atoms with Crippen molar-refractivity contribution in [3.63, 3.8) is 0 Å². The van der Waals surface area contributed by atoms with Crippen LogP contribution in [0.1, 0.15) is 28.9 Å². The molecular weight excluding hydrogens is 489 g/mol. The highest BCUT2D eigenvalue weighted by Gasteiger charge is 2.32. The highest BCUT2D eigenvalue weighted by molar-refractivity contribution is 6.07. The molecule has 37 heavy (non-hydrogen) atoms. The van der Waals surface area contributed by atoms with Crippen molar-refractivity contribution >= 4 is 34.8 Å². The average Bonchev–Trinajstić information content (AvgIpc) is 3.53. The van der Waals surface area contributed by atoms with E-state index in [1.54, 1.807) is 35.4 Å². The first-order valence-corrected chi connectivity index (χ1v) is 11.3. The minimum absolute atomic E-state index is 0.132. The van der Waals surface area contributed by atoms with Crippen molar-refractivity contribution in [3.8, 4) is 11.1 Å². The zero-order chi connectivity index (χ0) is 26.2. The standard InChI is InChI=1S/C24H21F3N8O2/c25-24(26,27)17-4-3-5-18(32-17)33-23(37)31-15-8-6-14(7-9-15)19-16(22(36)34-10-1-2-11-34)12-35-20(19)21(28)29-13-30-35/h3-9,12-13H,1-2,10-11H2,(H2,28,29,30)(H2,31,32,33,37). The molecule has 1 aliphatic heterocycles. The van der Waals surface area contributed by atoms with Crippen LogP contribution in [0.25, 0.3) is 16.6 Å². The summed E-state index contributed by atoms with van der Waals surface area (Å²) in [6.45, 7) is 1.34. The molecule has 0 saturated carbocycles. The summed E-state index contributed by atoms with van der Waals surface area (Å²) in [7, 11) is 0. The first-order valence-electron chi connectivity index (χ1n) is 11.3. The number of carbonyl (C=O) groups excluding carboxylic acids is 2. The topological polar surface area (TPSA) is 131 Å². The molecule has 0 aliphatic carbocycles. The highest BCUT2D eigenvalue weighted by Crippen LogP contribution is 2.34. The molecule has 1 aromatic carbocycles. The number of amides is 3. The second-order valence-corrected chi connectivity index (χ2v) is 8.42. The van der Waals surface area contributed by atoms with E-state index in [1.165, 1.54) is 16.9 Å². The van der Waals surface area contributed by atoms with Crippen molar-refractivity contribution in [1.82, 2.24) is 24.5 Å². The van der Waals surface area contributed by atoms with Gasteiger partial charge in [0.15, 0.2) is 5.82 Å². The van der Waals surface area contributed by atoms with Crippen LogP contribution in [0.15, 0.2) is 55.0 Å². The fourth-order valence-electron chi connectivity index (χ4n) is 4.24. The molecule has 4 N–H and O–H groups in total. The van der Waals surface area contributed by atoms with Gasteiger partial charge in [0.25, 0.3) is 5.91 Å². The number of nitrogens with two attached hydrogens (primary N) is 1. The number of rotatable bonds is 4. The Labute approximate surface area is 208 Å². The number of carbonyl (C=O) groups is 2. The van der Waals surface area contributed by atoms with Gasteiger partial charge < -0.3 is 16.0 Å². The number of hydrogen-bond donors (Lipinski definition) is 3. The van der Waals surface area contributed by atoms with Crippen LogP contribution < -0.4 is 16.4 Å². The maximum Gasteiger partial charge on any atom is 0.433 e. The molecule has 0 unspecified atom stereocenters. The minimum Gasteiger partial charge on any atom is -0.382 e. The van der Waals surface area contributed by atoms with Gasteiger partial charge >= 0.3 is 12.2 Å². The molecular formula is C24H21F3N8O2. The van der Waals surface area contributed by atoms with Gasteiger partial charge in [-0.2, -0.15) is 18.3 Å². The lowest BCUT2D eigenvalue weighted by atomic mass is 10.0. The van der Waals surface area contributed by atoms with Crippen LogP contribution in [0.5, 0.6) is 0 Å². The molecule has 0 atom stereocenters. The van der Waals surface area contributed by atoms with Crippen LogP contribution >= 0.6 is 0 Å². The van der Waals surface area contributed by atoms with Gasteiger partial charge in [-0.3, -0.25) is 10.1 Å². The Morgan fingerprint density at radius 3 is 2.43 bits per heavy atom. The molecule has 4 heterocycles. The summed E-state index contributed by atoms with van der Waals surface area (Å²) in [4.78, 5) is 34.9. The summed E-state index contributed by atoms with van der Waals surface area (Å²) in [6.07, 6.45) is 0.187. The smallest absolute Gasteiger partial charge is 0.382 e. The number of benzene rings is 1. The van der Waals surface area contributed by atoms with Gasteiger partial charge in [-0.25, -0.2) is 19.3 Å². The van der Waals surface area contributed by atoms with Crippen LogP contribution in [-0.4, -0.2) is 49.5 Å². The van der Waals surface area contributed by atoms with Crippen LogP contribution in [0.2, 0.25) is 0 Å². The Bertz CT molecular complexity index is 1480. The average molecular weight is 510 g/mol. The van der Waals surface area contributed by atoms with Gasteiger partial charge in [-0.1, -0.05) is 18.2 Å². The number of alkyl halides is 3. The van der Waals surface area contributed by atoms with E-state index >= 15 is 0 Å². The first kappa shape index (κ1) is 24.0. The summed E-state index contributed by atoms with van der Waals surface area (Å²) in [5.74, 6) is -0.169. The summed E-state index contributed by atoms with van der Waals surface area (Å²) >= 11 is 0. The van der Waals surface area contributed by atoms with Crippen LogP contribution in [0.4, 0.5) is 35.3 Å². The van der Waals surface area contributed by atoms with Crippen molar-refractivity contribution in [2.75, 3.05) is 29.5 Å². The molecule has 0 bridgehead atoms. The maximum atomic E-state index is 13.3. The normalized spacial score (nSPS) is 13.6. The number of fused-ring (bicyclic) bond motifs is 1. The third-order valence-corrected chi connectivity index (χ3v) is 5.94. The van der Waals surface area contributed by atoms with E-state index < -0.39 is 17.9 Å². The van der Waals surface area contributed by atoms with Crippen LogP contribution in [0.3, 0.4) is 0 Å². The SMILES string of the molecule is Nc1ncnn2cc(C(=O)N3CCCC3)c(-c3ccc(NC(=O)Nc4cccc(C(F)(F)F)n4)cc3)c12. The number of urea groups is 1. The van der Waals surface area contributed by atoms with E-state index in [0.717, 1.165) is 25.0 Å². The molecule has 10 nitrogen and oxygen atoms in total. The number of likely N-dealkylation sites (tertiary alicyclic amines) is 1. The molecule has 0 radical (unpaired) electrons. The molecule has 1 saturated heterocycles. The lowest BCUT2D eigenvalue weighted by Gasteiger charge is -2.16. The zero-order valence-electron chi connectivity index (χ0n) is 19.3. The second-order valence-electron chi connectivity index (χ2n) is 8.42. The fourth-order valence-corrected chi connectivity index (χ4v) is 4.24. The monoisotopic (exact) mass is 510 g/mol. The van der Waals surface area contributed by atoms with Crippen molar-refractivity contribution in [1.29, 1.82) is 0 Å². The molecule has 13 heteroatoms. The highest BCUT2D eigenvalue weighted by atomic mass is 19.4. The Hall–Kier alpha value is -4.68. The zero-order valence-corrected chi connectivity index (χ0v) is 19.3. The second kappa shape index (κ2) is 9.41. The van der Waals surface area contributed by atoms with Crippen molar-refractivity contribution in [2.24, 2.45) is 0 Å². The number of anilines is 3. The third kappa shape index (κ3) is 4.87. The van der Waals surface area contributed by atoms with Crippen LogP contribution in [-0.2, 0) is 6.18 Å². The molecule has 3 amide bonds. The number of halogens is 3. The molecule has 0 spiro atoms. The summed E-state index contributed by atoms with van der Waals surface area (Å²) in [5, 5.41) is 9.02. The van der Waals surface area contributed by atoms with Crippen LogP contribution in [0, 0.1) is 0 Å². The molecule has 3 aromatic heterocycles. The Morgan fingerprint density at radius 1 is 1.00 bits per heavy atom. The van der Waals surface area contributed by atoms with Gasteiger partial charge in [0.2, 0.25) is 0 Å². The van der Waals surface area contributed by atoms with Crippen molar-refractivity contribution in [2.45, 2.75) is 19.0 Å². The van der Waals surface area contributed by atoms with Crippen molar-refractivity contribution < 1.29 is 22.8 Å². The van der Waals surface area contributed by atoms with E-state index in [4.69, 9.17) is 5.73 Å². The lowest BCUT2D eigenvalue weighted by molar-refractivity contribution is -0.141. The van der Waals surface area contributed by atoms with Gasteiger partial charge in [-0.05, 0) is 42.7 Å². The van der Waals surface area contributed by atoms with E-state index in [0.29, 0.717) is 41.0 Å². The molecule has 1 fully saturated rings. The molecule has 190 valence electrons. The quantitative estimate of drug-likeness (QED) is 0.376. The summed E-state index contributed by atoms with van der Waals surface area (Å²) in [6, 6.07) is 9.04. The van der Waals surface area contributed by atoms with E-state index in [1.807, 2.05) is 0 Å². The maximum absolute atomic E-state index is 13.3. The number of nitrogens with zero attached hydrogens (tertiary/aromatic N) is 5. The summed E-state index contributed by atoms with van der Waals surface area (Å²) in [5.41, 5.74) is 7.52. The third-order valence-electron chi connectivity index (χ3n) is 5.94. The predicted octanol–water partition coefficient (Wildman–Crippen LogP) is 4.27. The Morgan fingerprint density at radius 2 is 1.73 bits per heavy atom.